The SMILES string of the molecule is CCCCCCCCCC[C@H](C)NCc1ccccc1. The van der Waals surface area contributed by atoms with Gasteiger partial charge in [-0.15, -0.1) is 0 Å². The molecule has 1 atom stereocenters. The number of benzene rings is 1. The smallest absolute Gasteiger partial charge is 0.0207 e. The van der Waals surface area contributed by atoms with E-state index in [9.17, 15) is 0 Å². The van der Waals surface area contributed by atoms with Gasteiger partial charge in [-0.1, -0.05) is 88.6 Å². The number of hydrogen-bond acceptors (Lipinski definition) is 1. The van der Waals surface area contributed by atoms with Crippen molar-refractivity contribution in [1.82, 2.24) is 5.32 Å². The second kappa shape index (κ2) is 12.0. The molecule has 1 nitrogen and oxygen atoms in total. The monoisotopic (exact) mass is 275 g/mol. The Labute approximate surface area is 126 Å². The summed E-state index contributed by atoms with van der Waals surface area (Å²) < 4.78 is 0. The van der Waals surface area contributed by atoms with Gasteiger partial charge in [0, 0.05) is 12.6 Å². The second-order valence-electron chi connectivity index (χ2n) is 6.03. The van der Waals surface area contributed by atoms with Crippen molar-refractivity contribution in [2.45, 2.75) is 84.2 Å². The van der Waals surface area contributed by atoms with E-state index in [4.69, 9.17) is 0 Å². The zero-order chi connectivity index (χ0) is 14.5. The Morgan fingerprint density at radius 3 is 2.10 bits per heavy atom. The highest BCUT2D eigenvalue weighted by molar-refractivity contribution is 5.14. The zero-order valence-corrected chi connectivity index (χ0v) is 13.5. The Morgan fingerprint density at radius 2 is 1.45 bits per heavy atom. The molecule has 0 aliphatic carbocycles. The van der Waals surface area contributed by atoms with Gasteiger partial charge >= 0.3 is 0 Å². The van der Waals surface area contributed by atoms with Gasteiger partial charge in [0.05, 0.1) is 0 Å². The third-order valence-electron chi connectivity index (χ3n) is 3.99. The summed E-state index contributed by atoms with van der Waals surface area (Å²) in [5, 5.41) is 3.62. The minimum Gasteiger partial charge on any atom is -0.310 e. The van der Waals surface area contributed by atoms with Gasteiger partial charge < -0.3 is 5.32 Å². The standard InChI is InChI=1S/C19H33N/c1-3-4-5-6-7-8-9-11-14-18(2)20-17-19-15-12-10-13-16-19/h10,12-13,15-16,18,20H,3-9,11,14,17H2,1-2H3/t18-/m0/s1. The van der Waals surface area contributed by atoms with Crippen molar-refractivity contribution in [2.24, 2.45) is 0 Å². The normalized spacial score (nSPS) is 12.5. The highest BCUT2D eigenvalue weighted by Crippen LogP contribution is 2.10. The van der Waals surface area contributed by atoms with Crippen LogP contribution in [0.3, 0.4) is 0 Å². The summed E-state index contributed by atoms with van der Waals surface area (Å²) in [7, 11) is 0. The van der Waals surface area contributed by atoms with Crippen LogP contribution in [0.25, 0.3) is 0 Å². The highest BCUT2D eigenvalue weighted by Gasteiger charge is 2.01. The lowest BCUT2D eigenvalue weighted by atomic mass is 10.1. The molecule has 0 aromatic heterocycles. The molecule has 0 saturated heterocycles. The first-order valence-corrected chi connectivity index (χ1v) is 8.60. The molecule has 0 aliphatic heterocycles. The predicted molar refractivity (Wildman–Crippen MR) is 90.0 cm³/mol. The molecular formula is C19H33N. The maximum Gasteiger partial charge on any atom is 0.0207 e. The summed E-state index contributed by atoms with van der Waals surface area (Å²) in [5.41, 5.74) is 1.38. The van der Waals surface area contributed by atoms with E-state index >= 15 is 0 Å². The minimum atomic E-state index is 0.635. The molecule has 0 aliphatic rings. The van der Waals surface area contributed by atoms with Gasteiger partial charge in [0.2, 0.25) is 0 Å². The van der Waals surface area contributed by atoms with Crippen molar-refractivity contribution < 1.29 is 0 Å². The van der Waals surface area contributed by atoms with E-state index in [1.165, 1.54) is 63.4 Å². The third kappa shape index (κ3) is 9.14. The summed E-state index contributed by atoms with van der Waals surface area (Å²) >= 11 is 0. The van der Waals surface area contributed by atoms with E-state index in [1.54, 1.807) is 0 Å². The van der Waals surface area contributed by atoms with Crippen LogP contribution < -0.4 is 5.32 Å². The maximum absolute atomic E-state index is 3.62. The maximum atomic E-state index is 3.62. The fourth-order valence-corrected chi connectivity index (χ4v) is 2.57. The van der Waals surface area contributed by atoms with E-state index in [0.717, 1.165) is 6.54 Å². The van der Waals surface area contributed by atoms with E-state index in [1.807, 2.05) is 0 Å². The lowest BCUT2D eigenvalue weighted by molar-refractivity contribution is 0.476. The topological polar surface area (TPSA) is 12.0 Å². The van der Waals surface area contributed by atoms with Crippen molar-refractivity contribution in [1.29, 1.82) is 0 Å². The molecule has 1 rings (SSSR count). The Balaban J connectivity index is 1.91. The molecule has 0 heterocycles. The molecule has 0 radical (unpaired) electrons. The van der Waals surface area contributed by atoms with Gasteiger partial charge in [-0.2, -0.15) is 0 Å². The molecule has 0 bridgehead atoms. The van der Waals surface area contributed by atoms with Gasteiger partial charge in [-0.3, -0.25) is 0 Å². The first-order chi connectivity index (χ1) is 9.83. The molecule has 1 aromatic rings. The fourth-order valence-electron chi connectivity index (χ4n) is 2.57. The van der Waals surface area contributed by atoms with Crippen LogP contribution in [0.4, 0.5) is 0 Å². The Hall–Kier alpha value is -0.820. The predicted octanol–water partition coefficient (Wildman–Crippen LogP) is 5.70. The molecule has 0 saturated carbocycles. The molecule has 0 amide bonds. The van der Waals surface area contributed by atoms with E-state index in [0.29, 0.717) is 6.04 Å². The first-order valence-electron chi connectivity index (χ1n) is 8.60. The summed E-state index contributed by atoms with van der Waals surface area (Å²) in [4.78, 5) is 0. The summed E-state index contributed by atoms with van der Waals surface area (Å²) in [6.07, 6.45) is 12.6. The van der Waals surface area contributed by atoms with Crippen LogP contribution in [0, 0.1) is 0 Å². The van der Waals surface area contributed by atoms with Gasteiger partial charge in [0.25, 0.3) is 0 Å². The molecule has 0 spiro atoms. The van der Waals surface area contributed by atoms with Crippen molar-refractivity contribution in [2.75, 3.05) is 0 Å². The Morgan fingerprint density at radius 1 is 0.850 bits per heavy atom. The van der Waals surface area contributed by atoms with E-state index < -0.39 is 0 Å². The minimum absolute atomic E-state index is 0.635. The van der Waals surface area contributed by atoms with Gasteiger partial charge in [-0.25, -0.2) is 0 Å². The number of unbranched alkanes of at least 4 members (excludes halogenated alkanes) is 7. The van der Waals surface area contributed by atoms with Crippen LogP contribution in [0.5, 0.6) is 0 Å². The zero-order valence-electron chi connectivity index (χ0n) is 13.5. The lowest BCUT2D eigenvalue weighted by Crippen LogP contribution is -2.25. The first kappa shape index (κ1) is 17.2. The van der Waals surface area contributed by atoms with Crippen LogP contribution >= 0.6 is 0 Å². The largest absolute Gasteiger partial charge is 0.310 e. The molecule has 1 heteroatoms. The van der Waals surface area contributed by atoms with Crippen LogP contribution in [0.15, 0.2) is 30.3 Å². The van der Waals surface area contributed by atoms with Gasteiger partial charge in [0.1, 0.15) is 0 Å². The molecule has 1 N–H and O–H groups in total. The Kier molecular flexibility index (Phi) is 10.3. The van der Waals surface area contributed by atoms with Crippen LogP contribution in [0.2, 0.25) is 0 Å². The highest BCUT2D eigenvalue weighted by atomic mass is 14.9. The van der Waals surface area contributed by atoms with Crippen LogP contribution in [-0.2, 0) is 6.54 Å². The molecule has 114 valence electrons. The number of rotatable bonds is 12. The Bertz CT molecular complexity index is 307. The molecule has 0 fully saturated rings. The van der Waals surface area contributed by atoms with Gasteiger partial charge in [-0.05, 0) is 18.9 Å². The van der Waals surface area contributed by atoms with Crippen LogP contribution in [-0.4, -0.2) is 6.04 Å². The second-order valence-corrected chi connectivity index (χ2v) is 6.03. The van der Waals surface area contributed by atoms with Gasteiger partial charge in [0.15, 0.2) is 0 Å². The summed E-state index contributed by atoms with van der Waals surface area (Å²) in [6, 6.07) is 11.3. The van der Waals surface area contributed by atoms with E-state index in [2.05, 4.69) is 49.5 Å². The number of hydrogen-bond donors (Lipinski definition) is 1. The van der Waals surface area contributed by atoms with E-state index in [-0.39, 0.29) is 0 Å². The molecule has 1 aromatic carbocycles. The third-order valence-corrected chi connectivity index (χ3v) is 3.99. The van der Waals surface area contributed by atoms with Crippen molar-refractivity contribution in [3.05, 3.63) is 35.9 Å². The summed E-state index contributed by atoms with van der Waals surface area (Å²) in [5.74, 6) is 0. The van der Waals surface area contributed by atoms with Crippen molar-refractivity contribution >= 4 is 0 Å². The summed E-state index contributed by atoms with van der Waals surface area (Å²) in [6.45, 7) is 5.59. The average Bonchev–Trinajstić information content (AvgIpc) is 2.49. The molecule has 0 unspecified atom stereocenters. The lowest BCUT2D eigenvalue weighted by Gasteiger charge is -2.13. The van der Waals surface area contributed by atoms with Crippen LogP contribution in [0.1, 0.15) is 77.2 Å². The quantitative estimate of drug-likeness (QED) is 0.483. The molecular weight excluding hydrogens is 242 g/mol. The number of nitrogens with one attached hydrogen (secondary N) is 1. The van der Waals surface area contributed by atoms with Crippen molar-refractivity contribution in [3.63, 3.8) is 0 Å². The average molecular weight is 275 g/mol. The van der Waals surface area contributed by atoms with Crippen molar-refractivity contribution in [3.8, 4) is 0 Å². The fraction of sp³-hybridized carbons (Fsp3) is 0.684. The molecule has 20 heavy (non-hydrogen) atoms.